The summed E-state index contributed by atoms with van der Waals surface area (Å²) in [5.41, 5.74) is 13.9. The molecule has 1 aromatic carbocycles. The zero-order valence-corrected chi connectivity index (χ0v) is 9.47. The maximum Gasteiger partial charge on any atom is 0.196 e. The van der Waals surface area contributed by atoms with Crippen molar-refractivity contribution in [3.05, 3.63) is 53.2 Å². The fraction of sp³-hybridized carbons (Fsp3) is 0.0769. The zero-order valence-electron chi connectivity index (χ0n) is 9.47. The summed E-state index contributed by atoms with van der Waals surface area (Å²) in [6.45, 7) is 1.89. The van der Waals surface area contributed by atoms with E-state index < -0.39 is 0 Å². The molecule has 1 heterocycles. The molecule has 0 aliphatic heterocycles. The van der Waals surface area contributed by atoms with Crippen LogP contribution < -0.4 is 11.5 Å². The van der Waals surface area contributed by atoms with Crippen LogP contribution in [-0.4, -0.2) is 10.8 Å². The molecule has 0 saturated carbocycles. The van der Waals surface area contributed by atoms with Gasteiger partial charge in [0.15, 0.2) is 5.78 Å². The number of anilines is 2. The van der Waals surface area contributed by atoms with Crippen molar-refractivity contribution >= 4 is 17.3 Å². The Balaban J connectivity index is 2.44. The molecule has 0 radical (unpaired) electrons. The Labute approximate surface area is 99.3 Å². The van der Waals surface area contributed by atoms with Crippen molar-refractivity contribution in [3.63, 3.8) is 0 Å². The molecule has 4 nitrogen and oxygen atoms in total. The smallest absolute Gasteiger partial charge is 0.196 e. The van der Waals surface area contributed by atoms with Crippen LogP contribution >= 0.6 is 0 Å². The van der Waals surface area contributed by atoms with Crippen LogP contribution in [0.3, 0.4) is 0 Å². The second kappa shape index (κ2) is 4.25. The van der Waals surface area contributed by atoms with Crippen molar-refractivity contribution in [2.75, 3.05) is 11.5 Å². The molecule has 1 aromatic heterocycles. The van der Waals surface area contributed by atoms with Crippen LogP contribution in [0.25, 0.3) is 0 Å². The summed E-state index contributed by atoms with van der Waals surface area (Å²) in [5.74, 6) is 0.0685. The molecule has 4 N–H and O–H groups in total. The quantitative estimate of drug-likeness (QED) is 0.605. The molecule has 0 atom stereocenters. The van der Waals surface area contributed by atoms with Gasteiger partial charge in [-0.2, -0.15) is 0 Å². The number of carbonyl (C=O) groups excluding carboxylic acids is 1. The van der Waals surface area contributed by atoms with Gasteiger partial charge in [0, 0.05) is 17.4 Å². The molecule has 0 fully saturated rings. The number of hydrogen-bond donors (Lipinski definition) is 2. The third-order valence-electron chi connectivity index (χ3n) is 2.62. The minimum absolute atomic E-state index is 0.165. The molecule has 86 valence electrons. The van der Waals surface area contributed by atoms with Gasteiger partial charge in [0.1, 0.15) is 5.82 Å². The first-order chi connectivity index (χ1) is 8.09. The van der Waals surface area contributed by atoms with Crippen LogP contribution in [0, 0.1) is 6.92 Å². The average Bonchev–Trinajstić information content (AvgIpc) is 2.32. The highest BCUT2D eigenvalue weighted by Crippen LogP contribution is 2.18. The summed E-state index contributed by atoms with van der Waals surface area (Å²) < 4.78 is 0. The number of aryl methyl sites for hydroxylation is 1. The highest BCUT2D eigenvalue weighted by molar-refractivity contribution is 6.11. The molecular weight excluding hydrogens is 214 g/mol. The van der Waals surface area contributed by atoms with Crippen LogP contribution in [0.15, 0.2) is 36.5 Å². The third kappa shape index (κ3) is 2.10. The molecule has 4 heteroatoms. The molecule has 2 rings (SSSR count). The van der Waals surface area contributed by atoms with E-state index in [1.807, 2.05) is 13.0 Å². The van der Waals surface area contributed by atoms with E-state index in [0.29, 0.717) is 16.8 Å². The maximum absolute atomic E-state index is 12.2. The van der Waals surface area contributed by atoms with E-state index in [1.165, 1.54) is 0 Å². The number of nitrogen functional groups attached to an aromatic ring is 2. The molecule has 0 bridgehead atoms. The molecule has 0 aliphatic carbocycles. The van der Waals surface area contributed by atoms with Crippen molar-refractivity contribution in [2.45, 2.75) is 6.92 Å². The van der Waals surface area contributed by atoms with E-state index in [0.717, 1.165) is 5.56 Å². The molecule has 0 aliphatic rings. The van der Waals surface area contributed by atoms with E-state index in [2.05, 4.69) is 4.98 Å². The predicted octanol–water partition coefficient (Wildman–Crippen LogP) is 1.79. The summed E-state index contributed by atoms with van der Waals surface area (Å²) in [6.07, 6.45) is 1.55. The number of carbonyl (C=O) groups is 1. The highest BCUT2D eigenvalue weighted by Gasteiger charge is 2.13. The van der Waals surface area contributed by atoms with Crippen molar-refractivity contribution < 1.29 is 4.79 Å². The third-order valence-corrected chi connectivity index (χ3v) is 2.62. The number of nitrogens with zero attached hydrogens (tertiary/aromatic N) is 1. The summed E-state index contributed by atoms with van der Waals surface area (Å²) >= 11 is 0. The van der Waals surface area contributed by atoms with Gasteiger partial charge in [0.2, 0.25) is 0 Å². The molecule has 17 heavy (non-hydrogen) atoms. The molecule has 0 unspecified atom stereocenters. The first-order valence-electron chi connectivity index (χ1n) is 5.21. The number of benzene rings is 1. The highest BCUT2D eigenvalue weighted by atomic mass is 16.1. The lowest BCUT2D eigenvalue weighted by molar-refractivity contribution is 0.103. The van der Waals surface area contributed by atoms with E-state index >= 15 is 0 Å². The van der Waals surface area contributed by atoms with Gasteiger partial charge in [-0.05, 0) is 30.7 Å². The molecule has 0 amide bonds. The Morgan fingerprint density at radius 3 is 2.65 bits per heavy atom. The maximum atomic E-state index is 12.2. The SMILES string of the molecule is Cc1ccc(C(=O)c2cccnc2N)cc1N. The Kier molecular flexibility index (Phi) is 2.78. The Bertz CT molecular complexity index is 579. The Morgan fingerprint density at radius 1 is 1.24 bits per heavy atom. The molecule has 2 aromatic rings. The number of rotatable bonds is 2. The van der Waals surface area contributed by atoms with Crippen LogP contribution in [0.2, 0.25) is 0 Å². The topological polar surface area (TPSA) is 82.0 Å². The number of aromatic nitrogens is 1. The van der Waals surface area contributed by atoms with Gasteiger partial charge < -0.3 is 11.5 Å². The van der Waals surface area contributed by atoms with Gasteiger partial charge in [0.25, 0.3) is 0 Å². The van der Waals surface area contributed by atoms with Gasteiger partial charge in [-0.25, -0.2) is 4.98 Å². The summed E-state index contributed by atoms with van der Waals surface area (Å²) in [6, 6.07) is 8.54. The van der Waals surface area contributed by atoms with Crippen molar-refractivity contribution in [1.29, 1.82) is 0 Å². The Hall–Kier alpha value is -2.36. The lowest BCUT2D eigenvalue weighted by atomic mass is 10.0. The van der Waals surface area contributed by atoms with Gasteiger partial charge in [-0.15, -0.1) is 0 Å². The normalized spacial score (nSPS) is 10.2. The largest absolute Gasteiger partial charge is 0.398 e. The second-order valence-electron chi connectivity index (χ2n) is 3.84. The lowest BCUT2D eigenvalue weighted by Gasteiger charge is -2.06. The monoisotopic (exact) mass is 227 g/mol. The summed E-state index contributed by atoms with van der Waals surface area (Å²) in [7, 11) is 0. The van der Waals surface area contributed by atoms with E-state index in [9.17, 15) is 4.79 Å². The number of nitrogens with two attached hydrogens (primary N) is 2. The first-order valence-corrected chi connectivity index (χ1v) is 5.21. The van der Waals surface area contributed by atoms with E-state index in [4.69, 9.17) is 11.5 Å². The number of hydrogen-bond acceptors (Lipinski definition) is 4. The first kappa shape index (κ1) is 11.1. The summed E-state index contributed by atoms with van der Waals surface area (Å²) in [4.78, 5) is 16.0. The average molecular weight is 227 g/mol. The van der Waals surface area contributed by atoms with Gasteiger partial charge in [-0.1, -0.05) is 12.1 Å². The predicted molar refractivity (Wildman–Crippen MR) is 67.7 cm³/mol. The van der Waals surface area contributed by atoms with Crippen LogP contribution in [-0.2, 0) is 0 Å². The van der Waals surface area contributed by atoms with Crippen LogP contribution in [0.1, 0.15) is 21.5 Å². The number of pyridine rings is 1. The molecular formula is C13H13N3O. The van der Waals surface area contributed by atoms with Crippen molar-refractivity contribution in [1.82, 2.24) is 4.98 Å². The Morgan fingerprint density at radius 2 is 2.00 bits per heavy atom. The fourth-order valence-corrected chi connectivity index (χ4v) is 1.55. The van der Waals surface area contributed by atoms with Crippen LogP contribution in [0.4, 0.5) is 11.5 Å². The van der Waals surface area contributed by atoms with Crippen molar-refractivity contribution in [3.8, 4) is 0 Å². The van der Waals surface area contributed by atoms with Gasteiger partial charge in [-0.3, -0.25) is 4.79 Å². The summed E-state index contributed by atoms with van der Waals surface area (Å²) in [5, 5.41) is 0. The second-order valence-corrected chi connectivity index (χ2v) is 3.84. The van der Waals surface area contributed by atoms with E-state index in [-0.39, 0.29) is 11.6 Å². The standard InChI is InChI=1S/C13H13N3O/c1-8-4-5-9(7-11(8)14)12(17)10-3-2-6-16-13(10)15/h2-7H,14H2,1H3,(H2,15,16). The van der Waals surface area contributed by atoms with E-state index in [1.54, 1.807) is 30.5 Å². The number of ketones is 1. The van der Waals surface area contributed by atoms with Gasteiger partial charge >= 0.3 is 0 Å². The minimum atomic E-state index is -0.165. The van der Waals surface area contributed by atoms with Crippen LogP contribution in [0.5, 0.6) is 0 Å². The molecule has 0 spiro atoms. The molecule has 0 saturated heterocycles. The van der Waals surface area contributed by atoms with Crippen molar-refractivity contribution in [2.24, 2.45) is 0 Å². The zero-order chi connectivity index (χ0) is 12.4. The fourth-order valence-electron chi connectivity index (χ4n) is 1.55. The van der Waals surface area contributed by atoms with Gasteiger partial charge in [0.05, 0.1) is 5.56 Å². The minimum Gasteiger partial charge on any atom is -0.398 e. The lowest BCUT2D eigenvalue weighted by Crippen LogP contribution is -2.07.